The molecule has 1 aliphatic rings. The summed E-state index contributed by atoms with van der Waals surface area (Å²) in [5.74, 6) is 0.770. The van der Waals surface area contributed by atoms with E-state index < -0.39 is 10.0 Å². The molecule has 11 heteroatoms. The Labute approximate surface area is 179 Å². The summed E-state index contributed by atoms with van der Waals surface area (Å²) < 4.78 is 34.7. The molecule has 1 N–H and O–H groups in total. The van der Waals surface area contributed by atoms with Crippen LogP contribution < -0.4 is 10.1 Å². The number of amides is 1. The molecule has 0 spiro atoms. The Hall–Kier alpha value is -3.31. The van der Waals surface area contributed by atoms with Crippen LogP contribution >= 0.6 is 0 Å². The fraction of sp³-hybridized carbons (Fsp3) is 0.300. The van der Waals surface area contributed by atoms with Crippen molar-refractivity contribution < 1.29 is 17.9 Å². The second-order valence-corrected chi connectivity index (χ2v) is 9.05. The van der Waals surface area contributed by atoms with Gasteiger partial charge in [-0.1, -0.05) is 0 Å². The Morgan fingerprint density at radius 1 is 1.10 bits per heavy atom. The second-order valence-electron chi connectivity index (χ2n) is 7.11. The van der Waals surface area contributed by atoms with Crippen LogP contribution in [-0.4, -0.2) is 57.8 Å². The lowest BCUT2D eigenvalue weighted by molar-refractivity contribution is -0.114. The zero-order valence-electron chi connectivity index (χ0n) is 16.9. The summed E-state index contributed by atoms with van der Waals surface area (Å²) in [6.45, 7) is 2.09. The van der Waals surface area contributed by atoms with Crippen LogP contribution in [0, 0.1) is 0 Å². The number of nitrogens with one attached hydrogen (secondary N) is 1. The van der Waals surface area contributed by atoms with Crippen molar-refractivity contribution in [1.29, 1.82) is 0 Å². The van der Waals surface area contributed by atoms with Crippen LogP contribution in [0.1, 0.15) is 19.8 Å². The van der Waals surface area contributed by atoms with E-state index in [0.717, 1.165) is 0 Å². The standard InChI is InChI=1S/C20H22N6O4S/c1-15(27)22-16-3-5-18(6-4-16)31(28,29)25-13-9-17(10-14-25)30-20-8-7-19(23-24-20)26-12-2-11-21-26/h2-8,11-12,17H,9-10,13-14H2,1H3,(H,22,27). The summed E-state index contributed by atoms with van der Waals surface area (Å²) in [5.41, 5.74) is 0.554. The predicted molar refractivity (Wildman–Crippen MR) is 112 cm³/mol. The van der Waals surface area contributed by atoms with Crippen LogP contribution in [-0.2, 0) is 14.8 Å². The number of carbonyl (C=O) groups is 1. The fourth-order valence-electron chi connectivity index (χ4n) is 3.33. The van der Waals surface area contributed by atoms with Gasteiger partial charge in [-0.15, -0.1) is 10.2 Å². The van der Waals surface area contributed by atoms with Gasteiger partial charge in [0.15, 0.2) is 5.82 Å². The molecule has 0 radical (unpaired) electrons. The SMILES string of the molecule is CC(=O)Nc1ccc(S(=O)(=O)N2CCC(Oc3ccc(-n4cccn4)nn3)CC2)cc1. The summed E-state index contributed by atoms with van der Waals surface area (Å²) in [4.78, 5) is 11.3. The van der Waals surface area contributed by atoms with Crippen LogP contribution in [0.15, 0.2) is 59.8 Å². The Balaban J connectivity index is 1.34. The van der Waals surface area contributed by atoms with Crippen molar-refractivity contribution in [3.8, 4) is 11.7 Å². The molecule has 0 unspecified atom stereocenters. The Morgan fingerprint density at radius 3 is 2.42 bits per heavy atom. The summed E-state index contributed by atoms with van der Waals surface area (Å²) in [5, 5.41) is 14.9. The maximum absolute atomic E-state index is 12.9. The molecule has 3 aromatic rings. The average Bonchev–Trinajstić information content (AvgIpc) is 3.30. The molecule has 1 fully saturated rings. The highest BCUT2D eigenvalue weighted by molar-refractivity contribution is 7.89. The third-order valence-electron chi connectivity index (χ3n) is 4.87. The number of carbonyl (C=O) groups excluding carboxylic acids is 1. The Bertz CT molecular complexity index is 1120. The van der Waals surface area contributed by atoms with Crippen molar-refractivity contribution >= 4 is 21.6 Å². The van der Waals surface area contributed by atoms with Crippen LogP contribution in [0.5, 0.6) is 5.88 Å². The van der Waals surface area contributed by atoms with E-state index in [-0.39, 0.29) is 16.9 Å². The molecule has 10 nitrogen and oxygen atoms in total. The number of ether oxygens (including phenoxy) is 1. The van der Waals surface area contributed by atoms with E-state index >= 15 is 0 Å². The van der Waals surface area contributed by atoms with Crippen LogP contribution in [0.3, 0.4) is 0 Å². The van der Waals surface area contributed by atoms with Gasteiger partial charge in [0.25, 0.3) is 0 Å². The van der Waals surface area contributed by atoms with Gasteiger partial charge in [-0.05, 0) is 49.2 Å². The number of sulfonamides is 1. The topological polar surface area (TPSA) is 119 Å². The molecule has 31 heavy (non-hydrogen) atoms. The minimum atomic E-state index is -3.61. The molecule has 162 valence electrons. The third-order valence-corrected chi connectivity index (χ3v) is 6.78. The van der Waals surface area contributed by atoms with Gasteiger partial charge in [0.2, 0.25) is 21.8 Å². The molecular formula is C20H22N6O4S. The van der Waals surface area contributed by atoms with Crippen molar-refractivity contribution in [2.24, 2.45) is 0 Å². The lowest BCUT2D eigenvalue weighted by Gasteiger charge is -2.31. The van der Waals surface area contributed by atoms with E-state index in [1.165, 1.54) is 23.4 Å². The number of hydrogen-bond donors (Lipinski definition) is 1. The molecule has 2 aromatic heterocycles. The summed E-state index contributed by atoms with van der Waals surface area (Å²) in [7, 11) is -3.61. The molecular weight excluding hydrogens is 420 g/mol. The Kier molecular flexibility index (Phi) is 5.96. The van der Waals surface area contributed by atoms with E-state index in [4.69, 9.17) is 4.74 Å². The van der Waals surface area contributed by atoms with Crippen LogP contribution in [0.2, 0.25) is 0 Å². The largest absolute Gasteiger partial charge is 0.473 e. The van der Waals surface area contributed by atoms with Crippen molar-refractivity contribution in [2.45, 2.75) is 30.8 Å². The molecule has 0 atom stereocenters. The highest BCUT2D eigenvalue weighted by Gasteiger charge is 2.30. The first-order chi connectivity index (χ1) is 14.9. The summed E-state index contributed by atoms with van der Waals surface area (Å²) in [6.07, 6.45) is 4.38. The molecule has 1 aliphatic heterocycles. The fourth-order valence-corrected chi connectivity index (χ4v) is 4.80. The smallest absolute Gasteiger partial charge is 0.243 e. The first-order valence-electron chi connectivity index (χ1n) is 9.80. The number of aromatic nitrogens is 4. The summed E-state index contributed by atoms with van der Waals surface area (Å²) >= 11 is 0. The molecule has 1 aromatic carbocycles. The van der Waals surface area contributed by atoms with Gasteiger partial charge in [-0.2, -0.15) is 9.40 Å². The minimum absolute atomic E-state index is 0.140. The van der Waals surface area contributed by atoms with E-state index in [2.05, 4.69) is 20.6 Å². The quantitative estimate of drug-likeness (QED) is 0.619. The lowest BCUT2D eigenvalue weighted by Crippen LogP contribution is -2.41. The second kappa shape index (κ2) is 8.82. The first kappa shape index (κ1) is 20.9. The molecule has 3 heterocycles. The van der Waals surface area contributed by atoms with Gasteiger partial charge >= 0.3 is 0 Å². The summed E-state index contributed by atoms with van der Waals surface area (Å²) in [6, 6.07) is 11.4. The van der Waals surface area contributed by atoms with Crippen molar-refractivity contribution in [1.82, 2.24) is 24.3 Å². The maximum Gasteiger partial charge on any atom is 0.243 e. The molecule has 0 bridgehead atoms. The lowest BCUT2D eigenvalue weighted by atomic mass is 10.1. The van der Waals surface area contributed by atoms with Crippen molar-refractivity contribution in [2.75, 3.05) is 18.4 Å². The number of nitrogens with zero attached hydrogens (tertiary/aromatic N) is 5. The van der Waals surface area contributed by atoms with Crippen molar-refractivity contribution in [3.63, 3.8) is 0 Å². The highest BCUT2D eigenvalue weighted by Crippen LogP contribution is 2.24. The van der Waals surface area contributed by atoms with Gasteiger partial charge in [0.1, 0.15) is 6.10 Å². The van der Waals surface area contributed by atoms with E-state index in [9.17, 15) is 13.2 Å². The van der Waals surface area contributed by atoms with Gasteiger partial charge in [0.05, 0.1) is 4.90 Å². The normalized spacial score (nSPS) is 15.5. The molecule has 0 aliphatic carbocycles. The van der Waals surface area contributed by atoms with E-state index in [1.54, 1.807) is 47.4 Å². The van der Waals surface area contributed by atoms with E-state index in [0.29, 0.717) is 43.3 Å². The maximum atomic E-state index is 12.9. The number of benzene rings is 1. The molecule has 1 saturated heterocycles. The van der Waals surface area contributed by atoms with Gasteiger partial charge in [0, 0.05) is 44.2 Å². The van der Waals surface area contributed by atoms with Gasteiger partial charge in [-0.3, -0.25) is 4.79 Å². The number of hydrogen-bond acceptors (Lipinski definition) is 7. The minimum Gasteiger partial charge on any atom is -0.473 e. The zero-order valence-corrected chi connectivity index (χ0v) is 17.7. The van der Waals surface area contributed by atoms with Gasteiger partial charge in [-0.25, -0.2) is 13.1 Å². The average molecular weight is 443 g/mol. The molecule has 0 saturated carbocycles. The Morgan fingerprint density at radius 2 is 1.84 bits per heavy atom. The van der Waals surface area contributed by atoms with E-state index in [1.807, 2.05) is 0 Å². The van der Waals surface area contributed by atoms with Crippen LogP contribution in [0.4, 0.5) is 5.69 Å². The number of piperidine rings is 1. The van der Waals surface area contributed by atoms with Crippen LogP contribution in [0.25, 0.3) is 5.82 Å². The molecule has 1 amide bonds. The third kappa shape index (κ3) is 4.89. The number of rotatable bonds is 6. The predicted octanol–water partition coefficient (Wildman–Crippen LogP) is 1.85. The highest BCUT2D eigenvalue weighted by atomic mass is 32.2. The zero-order chi connectivity index (χ0) is 21.8. The van der Waals surface area contributed by atoms with Gasteiger partial charge < -0.3 is 10.1 Å². The first-order valence-corrected chi connectivity index (χ1v) is 11.2. The number of anilines is 1. The molecule has 4 rings (SSSR count). The van der Waals surface area contributed by atoms with Crippen molar-refractivity contribution in [3.05, 3.63) is 54.9 Å². The monoisotopic (exact) mass is 442 g/mol.